The Labute approximate surface area is 240 Å². The molecule has 2 unspecified atom stereocenters. The molecule has 3 aliphatic heterocycles. The molecule has 1 N–H and O–H groups in total. The number of fused-ring (bicyclic) bond motifs is 3. The van der Waals surface area contributed by atoms with Crippen molar-refractivity contribution in [2.75, 3.05) is 51.6 Å². The summed E-state index contributed by atoms with van der Waals surface area (Å²) in [6.45, 7) is 3.39. The first-order valence-corrected chi connectivity index (χ1v) is 14.0. The summed E-state index contributed by atoms with van der Waals surface area (Å²) in [5, 5.41) is 7.72. The molecule has 3 aromatic rings. The van der Waals surface area contributed by atoms with Crippen LogP contribution in [0.5, 0.6) is 0 Å². The highest BCUT2D eigenvalue weighted by Gasteiger charge is 2.36. The smallest absolute Gasteiger partial charge is 0.369 e. The first-order valence-electron chi connectivity index (χ1n) is 14.0. The molecule has 2 fully saturated rings. The lowest BCUT2D eigenvalue weighted by Gasteiger charge is -2.44. The molecule has 13 heteroatoms. The molecule has 0 radical (unpaired) electrons. The number of halogens is 3. The third kappa shape index (κ3) is 6.26. The predicted octanol–water partition coefficient (Wildman–Crippen LogP) is 3.59. The van der Waals surface area contributed by atoms with E-state index in [1.165, 1.54) is 4.90 Å². The molecule has 2 bridgehead atoms. The second kappa shape index (κ2) is 11.4. The van der Waals surface area contributed by atoms with Crippen molar-refractivity contribution in [3.05, 3.63) is 59.8 Å². The lowest BCUT2D eigenvalue weighted by atomic mass is 10.00. The molecular formula is C29H32F3N7O3. The third-order valence-electron chi connectivity index (χ3n) is 7.83. The summed E-state index contributed by atoms with van der Waals surface area (Å²) in [4.78, 5) is 35.6. The first-order chi connectivity index (χ1) is 20.1. The van der Waals surface area contributed by atoms with Gasteiger partial charge in [-0.05, 0) is 55.4 Å². The van der Waals surface area contributed by atoms with Gasteiger partial charge in [0, 0.05) is 68.7 Å². The number of likely N-dealkylation sites (N-methyl/N-ethyl adjacent to an activating group) is 1. The van der Waals surface area contributed by atoms with Gasteiger partial charge < -0.3 is 24.8 Å². The number of hydrogen-bond donors (Lipinski definition) is 1. The first kappa shape index (κ1) is 28.2. The van der Waals surface area contributed by atoms with Crippen molar-refractivity contribution in [3.8, 4) is 0 Å². The Bertz CT molecular complexity index is 1490. The van der Waals surface area contributed by atoms with Crippen LogP contribution in [-0.2, 0) is 9.53 Å². The van der Waals surface area contributed by atoms with E-state index in [0.717, 1.165) is 29.9 Å². The Hall–Kier alpha value is -3.97. The van der Waals surface area contributed by atoms with Crippen LogP contribution in [0.25, 0.3) is 11.2 Å². The number of nitrogens with one attached hydrogen (secondary N) is 1. The van der Waals surface area contributed by atoms with E-state index >= 15 is 0 Å². The fourth-order valence-electron chi connectivity index (χ4n) is 5.83. The summed E-state index contributed by atoms with van der Waals surface area (Å²) < 4.78 is 45.1. The minimum Gasteiger partial charge on any atom is -0.369 e. The van der Waals surface area contributed by atoms with Gasteiger partial charge in [-0.3, -0.25) is 9.59 Å². The molecular weight excluding hydrogens is 551 g/mol. The molecule has 2 aromatic heterocycles. The van der Waals surface area contributed by atoms with Crippen LogP contribution in [0.1, 0.15) is 35.2 Å². The number of amides is 2. The van der Waals surface area contributed by atoms with Gasteiger partial charge in [0.2, 0.25) is 11.9 Å². The lowest BCUT2D eigenvalue weighted by Crippen LogP contribution is -2.59. The number of anilines is 2. The Kier molecular flexibility index (Phi) is 7.62. The van der Waals surface area contributed by atoms with E-state index in [9.17, 15) is 22.8 Å². The number of rotatable bonds is 6. The van der Waals surface area contributed by atoms with Gasteiger partial charge >= 0.3 is 6.18 Å². The van der Waals surface area contributed by atoms with Gasteiger partial charge in [0.05, 0.1) is 18.6 Å². The zero-order valence-corrected chi connectivity index (χ0v) is 23.2. The Morgan fingerprint density at radius 1 is 1.05 bits per heavy atom. The van der Waals surface area contributed by atoms with Crippen molar-refractivity contribution in [3.63, 3.8) is 0 Å². The zero-order valence-electron chi connectivity index (χ0n) is 23.2. The highest BCUT2D eigenvalue weighted by molar-refractivity contribution is 5.94. The molecule has 222 valence electrons. The van der Waals surface area contributed by atoms with Crippen LogP contribution in [0.3, 0.4) is 0 Å². The van der Waals surface area contributed by atoms with Crippen LogP contribution in [0.15, 0.2) is 48.7 Å². The number of alkyl halides is 3. The number of hydrogen-bond acceptors (Lipinski definition) is 7. The van der Waals surface area contributed by atoms with E-state index in [1.54, 1.807) is 22.8 Å². The van der Waals surface area contributed by atoms with Gasteiger partial charge in [0.1, 0.15) is 0 Å². The number of ether oxygens (including phenoxy) is 1. The average Bonchev–Trinajstić information content (AvgIpc) is 3.37. The van der Waals surface area contributed by atoms with E-state index in [1.807, 2.05) is 35.2 Å². The molecule has 1 aromatic carbocycles. The van der Waals surface area contributed by atoms with Crippen LogP contribution >= 0.6 is 0 Å². The molecule has 3 aliphatic rings. The molecule has 2 saturated heterocycles. The summed E-state index contributed by atoms with van der Waals surface area (Å²) in [6.07, 6.45) is -1.78. The van der Waals surface area contributed by atoms with Crippen LogP contribution in [0, 0.1) is 0 Å². The third-order valence-corrected chi connectivity index (χ3v) is 7.83. The van der Waals surface area contributed by atoms with E-state index < -0.39 is 24.9 Å². The molecule has 0 spiro atoms. The van der Waals surface area contributed by atoms with E-state index in [-0.39, 0.29) is 24.7 Å². The maximum atomic E-state index is 13.2. The second-order valence-corrected chi connectivity index (χ2v) is 11.1. The molecule has 42 heavy (non-hydrogen) atoms. The largest absolute Gasteiger partial charge is 0.389 e. The average molecular weight is 584 g/mol. The Balaban J connectivity index is 1.10. The maximum absolute atomic E-state index is 13.2. The molecule has 2 atom stereocenters. The van der Waals surface area contributed by atoms with Crippen molar-refractivity contribution in [1.82, 2.24) is 29.3 Å². The number of carbonyl (C=O) groups is 2. The summed E-state index contributed by atoms with van der Waals surface area (Å²) in [7, 11) is 2.07. The number of pyridine rings is 1. The van der Waals surface area contributed by atoms with Gasteiger partial charge in [-0.1, -0.05) is 6.08 Å². The number of benzene rings is 1. The number of nitrogens with zero attached hydrogens (tertiary/aromatic N) is 6. The monoisotopic (exact) mass is 583 g/mol. The van der Waals surface area contributed by atoms with Crippen molar-refractivity contribution in [2.24, 2.45) is 0 Å². The minimum atomic E-state index is -4.35. The van der Waals surface area contributed by atoms with Crippen molar-refractivity contribution in [1.29, 1.82) is 0 Å². The highest BCUT2D eigenvalue weighted by Crippen LogP contribution is 2.28. The predicted molar refractivity (Wildman–Crippen MR) is 149 cm³/mol. The van der Waals surface area contributed by atoms with Crippen molar-refractivity contribution in [2.45, 2.75) is 37.6 Å². The molecule has 5 heterocycles. The Morgan fingerprint density at radius 2 is 1.79 bits per heavy atom. The van der Waals surface area contributed by atoms with Gasteiger partial charge in [-0.2, -0.15) is 18.2 Å². The fourth-order valence-corrected chi connectivity index (χ4v) is 5.83. The molecule has 2 amide bonds. The van der Waals surface area contributed by atoms with Gasteiger partial charge in [0.15, 0.2) is 5.65 Å². The van der Waals surface area contributed by atoms with Gasteiger partial charge in [-0.25, -0.2) is 4.52 Å². The maximum Gasteiger partial charge on any atom is 0.389 e. The summed E-state index contributed by atoms with van der Waals surface area (Å²) >= 11 is 0. The SMILES string of the molecule is CN1CC2CN(C(=O)c3ccc(Nc4nc5c(C6=CCN(C(=O)CCC(F)(F)F)CC6)cccn5n4)cc3)CC(C1)O2. The van der Waals surface area contributed by atoms with Crippen LogP contribution in [-0.4, -0.2) is 106 Å². The van der Waals surface area contributed by atoms with Gasteiger partial charge in [0.25, 0.3) is 5.91 Å². The summed E-state index contributed by atoms with van der Waals surface area (Å²) in [6, 6.07) is 11.0. The quantitative estimate of drug-likeness (QED) is 0.474. The zero-order chi connectivity index (χ0) is 29.4. The van der Waals surface area contributed by atoms with E-state index in [2.05, 4.69) is 27.3 Å². The van der Waals surface area contributed by atoms with E-state index in [4.69, 9.17) is 4.74 Å². The standard InChI is InChI=1S/C29H32F3N7O3/c1-36-15-22-17-38(18-23(16-36)42-22)27(41)20-4-6-21(7-5-20)33-28-34-26-24(3-2-12-39(26)35-28)19-9-13-37(14-10-19)25(40)8-11-29(30,31)32/h2-7,9,12,22-23H,8,10-11,13-18H2,1H3,(H,33,35). The van der Waals surface area contributed by atoms with E-state index in [0.29, 0.717) is 43.2 Å². The van der Waals surface area contributed by atoms with Crippen molar-refractivity contribution >= 4 is 34.7 Å². The van der Waals surface area contributed by atoms with Crippen LogP contribution in [0.4, 0.5) is 24.8 Å². The normalized spacial score (nSPS) is 21.4. The topological polar surface area (TPSA) is 95.3 Å². The fraction of sp³-hybridized carbons (Fsp3) is 0.448. The molecule has 0 aliphatic carbocycles. The molecule has 10 nitrogen and oxygen atoms in total. The Morgan fingerprint density at radius 3 is 2.45 bits per heavy atom. The number of morpholine rings is 2. The highest BCUT2D eigenvalue weighted by atomic mass is 19.4. The summed E-state index contributed by atoms with van der Waals surface area (Å²) in [5.74, 6) is -0.129. The molecule has 0 saturated carbocycles. The van der Waals surface area contributed by atoms with Crippen LogP contribution in [0.2, 0.25) is 0 Å². The number of aromatic nitrogens is 3. The van der Waals surface area contributed by atoms with Crippen molar-refractivity contribution < 1.29 is 27.5 Å². The summed E-state index contributed by atoms with van der Waals surface area (Å²) in [5.41, 5.74) is 3.77. The van der Waals surface area contributed by atoms with Gasteiger partial charge in [-0.15, -0.1) is 5.10 Å². The van der Waals surface area contributed by atoms with Crippen LogP contribution < -0.4 is 5.32 Å². The lowest BCUT2D eigenvalue weighted by molar-refractivity contribution is -0.148. The number of carbonyl (C=O) groups excluding carboxylic acids is 2. The minimum absolute atomic E-state index is 0.0127. The second-order valence-electron chi connectivity index (χ2n) is 11.1. The molecule has 6 rings (SSSR count).